The monoisotopic (exact) mass is 439 g/mol. The van der Waals surface area contributed by atoms with Gasteiger partial charge in [0.1, 0.15) is 29.4 Å². The second-order valence-corrected chi connectivity index (χ2v) is 7.87. The Balaban J connectivity index is 1.79. The number of aliphatic hydroxyl groups excluding tert-OH is 1. The third-order valence-electron chi connectivity index (χ3n) is 4.06. The number of β-lactam (4-membered cyclic amide) rings is 1. The van der Waals surface area contributed by atoms with Crippen LogP contribution < -0.4 is 11.1 Å². The number of oxime groups is 1. The highest BCUT2D eigenvalue weighted by molar-refractivity contribution is 8.00. The van der Waals surface area contributed by atoms with Crippen molar-refractivity contribution in [2.24, 2.45) is 5.16 Å². The van der Waals surface area contributed by atoms with E-state index < -0.39 is 35.8 Å². The van der Waals surface area contributed by atoms with Crippen LogP contribution in [-0.2, 0) is 19.2 Å². The molecule has 5 N–H and O–H groups in total. The van der Waals surface area contributed by atoms with Crippen molar-refractivity contribution in [3.8, 4) is 0 Å². The van der Waals surface area contributed by atoms with E-state index in [0.717, 1.165) is 16.2 Å². The fourth-order valence-electron chi connectivity index (χ4n) is 2.77. The normalized spacial score (nSPS) is 21.3. The third-order valence-corrected chi connectivity index (χ3v) is 6.07. The summed E-state index contributed by atoms with van der Waals surface area (Å²) >= 11 is 2.35. The van der Waals surface area contributed by atoms with Gasteiger partial charge in [0, 0.05) is 11.1 Å². The van der Waals surface area contributed by atoms with Gasteiger partial charge in [-0.1, -0.05) is 17.8 Å². The molecule has 0 aliphatic carbocycles. The number of nitrogen functional groups attached to an aromatic ring is 1. The molecular formula is C16H17N5O6S2. The van der Waals surface area contributed by atoms with Gasteiger partial charge >= 0.3 is 5.97 Å². The average molecular weight is 439 g/mol. The van der Waals surface area contributed by atoms with Gasteiger partial charge in [-0.3, -0.25) is 14.5 Å². The highest BCUT2D eigenvalue weighted by Gasteiger charge is 2.54. The molecule has 1 aromatic heterocycles. The zero-order chi connectivity index (χ0) is 21.1. The van der Waals surface area contributed by atoms with Crippen molar-refractivity contribution in [3.05, 3.63) is 35.0 Å². The van der Waals surface area contributed by atoms with E-state index in [2.05, 4.69) is 22.0 Å². The van der Waals surface area contributed by atoms with E-state index in [-0.39, 0.29) is 40.2 Å². The number of nitrogens with two attached hydrogens (primary N) is 1. The lowest BCUT2D eigenvalue weighted by atomic mass is 10.0. The molecule has 1 fully saturated rings. The van der Waals surface area contributed by atoms with Crippen LogP contribution in [0.5, 0.6) is 0 Å². The number of anilines is 1. The van der Waals surface area contributed by atoms with Gasteiger partial charge in [0.2, 0.25) is 0 Å². The smallest absolute Gasteiger partial charge is 0.352 e. The molecule has 154 valence electrons. The van der Waals surface area contributed by atoms with Gasteiger partial charge < -0.3 is 26.1 Å². The molecule has 0 saturated carbocycles. The van der Waals surface area contributed by atoms with Crippen LogP contribution in [0.2, 0.25) is 0 Å². The van der Waals surface area contributed by atoms with Gasteiger partial charge in [0.05, 0.1) is 6.61 Å². The number of amides is 2. The van der Waals surface area contributed by atoms with Crippen LogP contribution in [0.4, 0.5) is 5.13 Å². The Bertz CT molecular complexity index is 927. The number of hydrogen-bond donors (Lipinski definition) is 4. The third kappa shape index (κ3) is 3.97. The highest BCUT2D eigenvalue weighted by Crippen LogP contribution is 2.40. The second kappa shape index (κ2) is 8.63. The summed E-state index contributed by atoms with van der Waals surface area (Å²) in [6.45, 7) is 3.08. The minimum atomic E-state index is -1.31. The zero-order valence-electron chi connectivity index (χ0n) is 14.9. The molecule has 2 aliphatic heterocycles. The Labute approximate surface area is 172 Å². The topological polar surface area (TPSA) is 167 Å². The number of carboxylic acids is 1. The molecule has 3 heterocycles. The van der Waals surface area contributed by atoms with E-state index in [9.17, 15) is 24.6 Å². The fraction of sp³-hybridized carbons (Fsp3) is 0.312. The predicted octanol–water partition coefficient (Wildman–Crippen LogP) is -0.637. The molecule has 2 amide bonds. The van der Waals surface area contributed by atoms with Gasteiger partial charge in [-0.25, -0.2) is 9.78 Å². The van der Waals surface area contributed by atoms with Crippen molar-refractivity contribution in [1.82, 2.24) is 15.2 Å². The summed E-state index contributed by atoms with van der Waals surface area (Å²) in [6.07, 6.45) is 1.44. The van der Waals surface area contributed by atoms with E-state index >= 15 is 0 Å². The van der Waals surface area contributed by atoms with Crippen molar-refractivity contribution in [1.29, 1.82) is 0 Å². The Hall–Kier alpha value is -2.90. The Morgan fingerprint density at radius 2 is 2.31 bits per heavy atom. The standard InChI is InChI=1S/C16H17N5O6S2/c1-2-3-27-20-9(8-6-29-16(17)18-8)12(23)19-10-13(24)21-11(15(25)26)7(4-22)5-28-14(10)21/h2,6,10,14,22H,1,3-5H2,(H2,17,18)(H,19,23)(H,25,26)/b20-9-/t10-,14-/m1/s1. The quantitative estimate of drug-likeness (QED) is 0.135. The summed E-state index contributed by atoms with van der Waals surface area (Å²) < 4.78 is 0. The molecule has 1 saturated heterocycles. The summed E-state index contributed by atoms with van der Waals surface area (Å²) in [5.74, 6) is -2.39. The number of rotatable bonds is 8. The molecule has 29 heavy (non-hydrogen) atoms. The van der Waals surface area contributed by atoms with Crippen LogP contribution in [0.1, 0.15) is 5.69 Å². The largest absolute Gasteiger partial charge is 0.477 e. The predicted molar refractivity (Wildman–Crippen MR) is 106 cm³/mol. The van der Waals surface area contributed by atoms with Crippen LogP contribution in [0.25, 0.3) is 0 Å². The summed E-state index contributed by atoms with van der Waals surface area (Å²) in [5, 5.41) is 26.2. The first kappa shape index (κ1) is 20.8. The van der Waals surface area contributed by atoms with E-state index in [0.29, 0.717) is 0 Å². The molecule has 0 radical (unpaired) electrons. The van der Waals surface area contributed by atoms with Crippen molar-refractivity contribution in [2.75, 3.05) is 24.7 Å². The van der Waals surface area contributed by atoms with E-state index in [1.54, 1.807) is 0 Å². The SMILES string of the molecule is C=CCO/N=C(\C(=O)N[C@@H]1C(=O)N2C(C(=O)O)=C(CO)CS[C@H]12)c1csc(N)n1. The fourth-order valence-corrected chi connectivity index (χ4v) is 4.65. The van der Waals surface area contributed by atoms with Gasteiger partial charge in [-0.05, 0) is 5.57 Å². The number of hydrogen-bond acceptors (Lipinski definition) is 10. The molecule has 2 aliphatic rings. The Morgan fingerprint density at radius 1 is 1.55 bits per heavy atom. The molecule has 2 atom stereocenters. The van der Waals surface area contributed by atoms with Gasteiger partial charge in [-0.2, -0.15) is 0 Å². The van der Waals surface area contributed by atoms with Crippen molar-refractivity contribution in [2.45, 2.75) is 11.4 Å². The zero-order valence-corrected chi connectivity index (χ0v) is 16.5. The summed E-state index contributed by atoms with van der Waals surface area (Å²) in [7, 11) is 0. The lowest BCUT2D eigenvalue weighted by Crippen LogP contribution is -2.71. The molecular weight excluding hydrogens is 422 g/mol. The molecule has 13 heteroatoms. The number of aliphatic carboxylic acids is 1. The maximum Gasteiger partial charge on any atom is 0.352 e. The first-order valence-electron chi connectivity index (χ1n) is 8.23. The molecule has 0 bridgehead atoms. The first-order valence-corrected chi connectivity index (χ1v) is 10.2. The highest BCUT2D eigenvalue weighted by atomic mass is 32.2. The van der Waals surface area contributed by atoms with Crippen molar-refractivity contribution < 1.29 is 29.4 Å². The average Bonchev–Trinajstić information content (AvgIpc) is 3.13. The van der Waals surface area contributed by atoms with Crippen LogP contribution in [0.15, 0.2) is 34.5 Å². The Morgan fingerprint density at radius 3 is 2.90 bits per heavy atom. The molecule has 11 nitrogen and oxygen atoms in total. The Kier molecular flexibility index (Phi) is 6.20. The van der Waals surface area contributed by atoms with Crippen molar-refractivity contribution >= 4 is 51.7 Å². The number of fused-ring (bicyclic) bond motifs is 1. The number of thioether (sulfide) groups is 1. The molecule has 0 unspecified atom stereocenters. The van der Waals surface area contributed by atoms with Crippen LogP contribution >= 0.6 is 23.1 Å². The van der Waals surface area contributed by atoms with Gasteiger partial charge in [0.15, 0.2) is 10.8 Å². The number of aromatic nitrogens is 1. The van der Waals surface area contributed by atoms with Crippen LogP contribution in [0, 0.1) is 0 Å². The maximum absolute atomic E-state index is 12.7. The molecule has 0 aromatic carbocycles. The molecule has 1 aromatic rings. The van der Waals surface area contributed by atoms with Gasteiger partial charge in [-0.15, -0.1) is 23.1 Å². The molecule has 3 rings (SSSR count). The lowest BCUT2D eigenvalue weighted by molar-refractivity contribution is -0.150. The van der Waals surface area contributed by atoms with Crippen LogP contribution in [0.3, 0.4) is 0 Å². The number of aliphatic hydroxyl groups is 1. The number of carboxylic acid groups (broad SMARTS) is 1. The van der Waals surface area contributed by atoms with E-state index in [4.69, 9.17) is 10.6 Å². The molecule has 0 spiro atoms. The second-order valence-electron chi connectivity index (χ2n) is 5.87. The number of carbonyl (C=O) groups is 3. The summed E-state index contributed by atoms with van der Waals surface area (Å²) in [5.41, 5.74) is 5.62. The minimum absolute atomic E-state index is 0.0573. The summed E-state index contributed by atoms with van der Waals surface area (Å²) in [4.78, 5) is 46.8. The number of carbonyl (C=O) groups excluding carboxylic acids is 2. The maximum atomic E-state index is 12.7. The van der Waals surface area contributed by atoms with E-state index in [1.807, 2.05) is 0 Å². The minimum Gasteiger partial charge on any atom is -0.477 e. The number of nitrogens with one attached hydrogen (secondary N) is 1. The van der Waals surface area contributed by atoms with Crippen LogP contribution in [-0.4, -0.2) is 74.0 Å². The van der Waals surface area contributed by atoms with Gasteiger partial charge in [0.25, 0.3) is 11.8 Å². The lowest BCUT2D eigenvalue weighted by Gasteiger charge is -2.49. The van der Waals surface area contributed by atoms with E-state index in [1.165, 1.54) is 23.2 Å². The summed E-state index contributed by atoms with van der Waals surface area (Å²) in [6, 6.07) is -0.956. The van der Waals surface area contributed by atoms with Crippen molar-refractivity contribution in [3.63, 3.8) is 0 Å². The number of nitrogens with zero attached hydrogens (tertiary/aromatic N) is 3. The first-order chi connectivity index (χ1) is 13.9. The number of thiazole rings is 1.